The van der Waals surface area contributed by atoms with Gasteiger partial charge in [-0.2, -0.15) is 12.3 Å². The second-order valence-corrected chi connectivity index (χ2v) is 2.14. The summed E-state index contributed by atoms with van der Waals surface area (Å²) in [7, 11) is 0. The zero-order valence-corrected chi connectivity index (χ0v) is 9.86. The van der Waals surface area contributed by atoms with Crippen molar-refractivity contribution < 1.29 is 21.1 Å². The second-order valence-electron chi connectivity index (χ2n) is 2.14. The predicted molar refractivity (Wildman–Crippen MR) is 46.6 cm³/mol. The Morgan fingerprint density at radius 1 is 1.20 bits per heavy atom. The summed E-state index contributed by atoms with van der Waals surface area (Å²) < 4.78 is 0. The Morgan fingerprint density at radius 2 is 1.70 bits per heavy atom. The fourth-order valence-corrected chi connectivity index (χ4v) is 0.960. The molecule has 0 radical (unpaired) electrons. The number of hydrogen-bond acceptors (Lipinski definition) is 0. The Bertz CT molecular complexity index is 38.0. The van der Waals surface area contributed by atoms with Gasteiger partial charge in [0.05, 0.1) is 0 Å². The van der Waals surface area contributed by atoms with Crippen molar-refractivity contribution >= 4 is 0 Å². The summed E-state index contributed by atoms with van der Waals surface area (Å²) >= 11 is 0. The average molecular weight is 323 g/mol. The molecule has 0 bridgehead atoms. The molecule has 0 heterocycles. The van der Waals surface area contributed by atoms with Crippen LogP contribution in [0.1, 0.15) is 26.2 Å². The first kappa shape index (κ1) is 22.4. The summed E-state index contributed by atoms with van der Waals surface area (Å²) in [6.07, 6.45) is 6.63. The molecule has 0 amide bonds. The first-order valence-electron chi connectivity index (χ1n) is 2.73. The van der Waals surface area contributed by atoms with Crippen molar-refractivity contribution in [2.24, 2.45) is 5.92 Å². The topological polar surface area (TPSA) is 0 Å². The molecule has 0 aromatic rings. The fourth-order valence-electron chi connectivity index (χ4n) is 0.960. The summed E-state index contributed by atoms with van der Waals surface area (Å²) in [6, 6.07) is 0. The average Bonchev–Trinajstić information content (AvgIpc) is 1.86. The first-order valence-corrected chi connectivity index (χ1v) is 2.73. The van der Waals surface area contributed by atoms with Gasteiger partial charge in [-0.3, -0.25) is 0 Å². The summed E-state index contributed by atoms with van der Waals surface area (Å²) in [5.74, 6) is 0.921. The van der Waals surface area contributed by atoms with Crippen LogP contribution < -0.4 is 0 Å². The van der Waals surface area contributed by atoms with Crippen LogP contribution in [0.5, 0.6) is 0 Å². The van der Waals surface area contributed by atoms with Gasteiger partial charge in [-0.15, -0.1) is 0 Å². The Hall–Kier alpha value is 0.688. The van der Waals surface area contributed by atoms with Crippen LogP contribution in [0.25, 0.3) is 0 Å². The van der Waals surface area contributed by atoms with E-state index in [-0.39, 0.29) is 43.3 Å². The Morgan fingerprint density at radius 3 is 1.80 bits per heavy atom. The largest absolute Gasteiger partial charge is 4.00 e. The number of hydrogen-bond donors (Lipinski definition) is 0. The summed E-state index contributed by atoms with van der Waals surface area (Å²) in [5, 5.41) is 0. The Labute approximate surface area is 82.1 Å². The Kier molecular flexibility index (Phi) is 27.7. The minimum Gasteiger partial charge on any atom is -0.358 e. The zero-order chi connectivity index (χ0) is 4.41. The van der Waals surface area contributed by atoms with Crippen LogP contribution in [0.2, 0.25) is 0 Å². The van der Waals surface area contributed by atoms with Crippen molar-refractivity contribution in [2.75, 3.05) is 0 Å². The molecule has 66 valence electrons. The third-order valence-electron chi connectivity index (χ3n) is 1.43. The molecule has 0 saturated heterocycles. The van der Waals surface area contributed by atoms with Gasteiger partial charge in [-0.05, 0) is 0 Å². The van der Waals surface area contributed by atoms with Crippen LogP contribution in [0.3, 0.4) is 0 Å². The molecule has 1 unspecified atom stereocenters. The number of rotatable bonds is 0. The fraction of sp³-hybridized carbons (Fsp3) is 0.556. The predicted octanol–water partition coefficient (Wildman–Crippen LogP) is 3.36. The van der Waals surface area contributed by atoms with Crippen molar-refractivity contribution in [3.63, 3.8) is 0 Å². The van der Waals surface area contributed by atoms with E-state index < -0.39 is 0 Å². The van der Waals surface area contributed by atoms with E-state index in [1.807, 2.05) is 0 Å². The maximum atomic E-state index is 2.40. The summed E-state index contributed by atoms with van der Waals surface area (Å²) in [4.78, 5) is 0. The van der Waals surface area contributed by atoms with E-state index in [0.29, 0.717) is 0 Å². The molecule has 10 heavy (non-hydrogen) atoms. The van der Waals surface area contributed by atoms with Crippen molar-refractivity contribution in [3.05, 3.63) is 28.7 Å². The van der Waals surface area contributed by atoms with Gasteiger partial charge in [0.2, 0.25) is 0 Å². The van der Waals surface area contributed by atoms with Crippen LogP contribution in [-0.2, 0) is 21.1 Å². The maximum absolute atomic E-state index is 2.40. The van der Waals surface area contributed by atoms with E-state index in [4.69, 9.17) is 0 Å². The second kappa shape index (κ2) is 12.4. The van der Waals surface area contributed by atoms with Gasteiger partial charge in [0.1, 0.15) is 0 Å². The van der Waals surface area contributed by atoms with Crippen LogP contribution >= 0.6 is 0 Å². The third kappa shape index (κ3) is 8.69. The quantitative estimate of drug-likeness (QED) is 0.600. The summed E-state index contributed by atoms with van der Waals surface area (Å²) in [6.45, 7) is 2.28. The van der Waals surface area contributed by atoms with Gasteiger partial charge in [-0.25, -0.2) is 0 Å². The Balaban J connectivity index is -0.0000000450. The van der Waals surface area contributed by atoms with Gasteiger partial charge >= 0.3 is 21.1 Å². The molecule has 1 saturated carbocycles. The molecule has 1 atom stereocenters. The molecule has 0 N–H and O–H groups in total. The molecule has 1 aliphatic rings. The molecule has 0 aromatic heterocycles. The molecule has 0 aliphatic heterocycles. The molecule has 0 spiro atoms. The van der Waals surface area contributed by atoms with E-state index in [9.17, 15) is 0 Å². The van der Waals surface area contributed by atoms with E-state index in [2.05, 4.69) is 13.3 Å². The summed E-state index contributed by atoms with van der Waals surface area (Å²) in [5.41, 5.74) is 0. The van der Waals surface area contributed by atoms with E-state index in [1.54, 1.807) is 0 Å². The maximum Gasteiger partial charge on any atom is 4.00 e. The smallest absolute Gasteiger partial charge is 0.358 e. The van der Waals surface area contributed by atoms with Crippen molar-refractivity contribution in [1.29, 1.82) is 0 Å². The van der Waals surface area contributed by atoms with E-state index >= 15 is 0 Å². The molecule has 1 fully saturated rings. The standard InChI is InChI=1S/C6H11.3CH3.Pt/c1-6-4-2-3-5-6;;;;/h4,6H,2-3,5H2,1H3;3*1H3;/q4*-1;+4. The monoisotopic (exact) mass is 323 g/mol. The third-order valence-corrected chi connectivity index (χ3v) is 1.43. The van der Waals surface area contributed by atoms with Gasteiger partial charge in [0.15, 0.2) is 0 Å². The van der Waals surface area contributed by atoms with Gasteiger partial charge in [-0.1, -0.05) is 19.8 Å². The van der Waals surface area contributed by atoms with Crippen molar-refractivity contribution in [2.45, 2.75) is 26.2 Å². The normalized spacial score (nSPS) is 20.7. The molecule has 1 aliphatic carbocycles. The SMILES string of the molecule is CC1[CH-]CCC1.[CH3-].[CH3-].[CH3-].[Pt+4]. The molecular formula is C9H20Pt. The molecule has 0 aromatic carbocycles. The van der Waals surface area contributed by atoms with Crippen LogP contribution in [-0.4, -0.2) is 0 Å². The molecular weight excluding hydrogens is 303 g/mol. The van der Waals surface area contributed by atoms with Crippen LogP contribution in [0.4, 0.5) is 0 Å². The van der Waals surface area contributed by atoms with Crippen LogP contribution in [0.15, 0.2) is 0 Å². The van der Waals surface area contributed by atoms with E-state index in [0.717, 1.165) is 5.92 Å². The van der Waals surface area contributed by atoms with Crippen molar-refractivity contribution in [1.82, 2.24) is 0 Å². The minimum atomic E-state index is 0. The molecule has 1 rings (SSSR count). The van der Waals surface area contributed by atoms with Gasteiger partial charge in [0, 0.05) is 0 Å². The molecule has 0 nitrogen and oxygen atoms in total. The van der Waals surface area contributed by atoms with E-state index in [1.165, 1.54) is 19.3 Å². The van der Waals surface area contributed by atoms with Crippen LogP contribution in [0, 0.1) is 34.6 Å². The molecule has 1 heteroatoms. The first-order chi connectivity index (χ1) is 2.89. The van der Waals surface area contributed by atoms with Gasteiger partial charge < -0.3 is 28.7 Å². The van der Waals surface area contributed by atoms with Gasteiger partial charge in [0.25, 0.3) is 0 Å². The minimum absolute atomic E-state index is 0. The zero-order valence-electron chi connectivity index (χ0n) is 7.59. The van der Waals surface area contributed by atoms with Crippen molar-refractivity contribution in [3.8, 4) is 0 Å².